The molecule has 1 unspecified atom stereocenters. The molecular weight excluding hydrogens is 417 g/mol. The molecule has 0 saturated carbocycles. The molecule has 1 aromatic heterocycles. The van der Waals surface area contributed by atoms with Crippen molar-refractivity contribution < 1.29 is 9.18 Å². The number of para-hydroxylation sites is 1. The minimum Gasteiger partial charge on any atom is -0.388 e. The molecule has 1 saturated heterocycles. The normalized spacial score (nSPS) is 16.1. The fourth-order valence-corrected chi connectivity index (χ4v) is 3.95. The van der Waals surface area contributed by atoms with Gasteiger partial charge in [0.1, 0.15) is 5.82 Å². The van der Waals surface area contributed by atoms with Crippen LogP contribution >= 0.6 is 11.6 Å². The molecule has 2 aromatic carbocycles. The second-order valence-electron chi connectivity index (χ2n) is 7.46. The first-order valence-electron chi connectivity index (χ1n) is 10.2. The highest BCUT2D eigenvalue weighted by atomic mass is 35.5. The molecule has 160 valence electrons. The van der Waals surface area contributed by atoms with Crippen molar-refractivity contribution in [2.45, 2.75) is 18.9 Å². The van der Waals surface area contributed by atoms with E-state index in [1.807, 2.05) is 43.4 Å². The monoisotopic (exact) mass is 439 g/mol. The van der Waals surface area contributed by atoms with Crippen LogP contribution < -0.4 is 15.5 Å². The Morgan fingerprint density at radius 1 is 1.16 bits per heavy atom. The maximum absolute atomic E-state index is 13.4. The molecule has 1 fully saturated rings. The summed E-state index contributed by atoms with van der Waals surface area (Å²) in [6.45, 7) is 1.47. The molecule has 3 aromatic rings. The number of piperidine rings is 1. The smallest absolute Gasteiger partial charge is 0.251 e. The molecule has 2 N–H and O–H groups in total. The highest BCUT2D eigenvalue weighted by Crippen LogP contribution is 2.27. The number of nitrogens with one attached hydrogen (secondary N) is 2. The van der Waals surface area contributed by atoms with Crippen molar-refractivity contribution in [3.63, 3.8) is 0 Å². The summed E-state index contributed by atoms with van der Waals surface area (Å²) in [5, 5.41) is 15.0. The average Bonchev–Trinajstić information content (AvgIpc) is 2.81. The van der Waals surface area contributed by atoms with E-state index in [1.165, 1.54) is 18.2 Å². The lowest BCUT2D eigenvalue weighted by molar-refractivity contribution is 0.0933. The molecule has 31 heavy (non-hydrogen) atoms. The molecule has 2 heterocycles. The van der Waals surface area contributed by atoms with Gasteiger partial charge in [0.15, 0.2) is 5.82 Å². The Kier molecular flexibility index (Phi) is 6.32. The minimum absolute atomic E-state index is 0.0448. The van der Waals surface area contributed by atoms with Crippen LogP contribution in [0.15, 0.2) is 54.6 Å². The van der Waals surface area contributed by atoms with Gasteiger partial charge in [-0.15, -0.1) is 10.2 Å². The fraction of sp³-hybridized carbons (Fsp3) is 0.261. The molecular formula is C23H23ClFN5O. The van der Waals surface area contributed by atoms with Crippen LogP contribution in [0.4, 0.5) is 15.9 Å². The Labute approximate surface area is 185 Å². The van der Waals surface area contributed by atoms with Crippen LogP contribution in [0.5, 0.6) is 0 Å². The van der Waals surface area contributed by atoms with E-state index in [1.54, 1.807) is 0 Å². The minimum atomic E-state index is -0.540. The van der Waals surface area contributed by atoms with Crippen LogP contribution in [0.1, 0.15) is 23.2 Å². The third kappa shape index (κ3) is 4.77. The average molecular weight is 440 g/mol. The van der Waals surface area contributed by atoms with E-state index in [0.29, 0.717) is 12.1 Å². The molecule has 0 radical (unpaired) electrons. The van der Waals surface area contributed by atoms with Crippen molar-refractivity contribution in [2.24, 2.45) is 0 Å². The Hall–Kier alpha value is -3.19. The number of aromatic nitrogens is 2. The molecule has 1 amide bonds. The van der Waals surface area contributed by atoms with E-state index in [4.69, 9.17) is 11.6 Å². The van der Waals surface area contributed by atoms with Crippen LogP contribution in [0.25, 0.3) is 11.3 Å². The number of carbonyl (C=O) groups is 1. The van der Waals surface area contributed by atoms with Crippen molar-refractivity contribution in [3.8, 4) is 11.3 Å². The lowest BCUT2D eigenvalue weighted by Crippen LogP contribution is -2.48. The predicted molar refractivity (Wildman–Crippen MR) is 121 cm³/mol. The summed E-state index contributed by atoms with van der Waals surface area (Å²) in [5.74, 6) is -0.0326. The molecule has 1 aliphatic rings. The van der Waals surface area contributed by atoms with Gasteiger partial charge in [0, 0.05) is 43.0 Å². The first-order valence-corrected chi connectivity index (χ1v) is 10.5. The highest BCUT2D eigenvalue weighted by molar-refractivity contribution is 6.31. The van der Waals surface area contributed by atoms with Gasteiger partial charge in [0.25, 0.3) is 5.91 Å². The number of hydrogen-bond donors (Lipinski definition) is 2. The number of hydrogen-bond acceptors (Lipinski definition) is 5. The Morgan fingerprint density at radius 2 is 2.00 bits per heavy atom. The zero-order chi connectivity index (χ0) is 21.8. The molecule has 0 aliphatic carbocycles. The largest absolute Gasteiger partial charge is 0.388 e. The van der Waals surface area contributed by atoms with E-state index in [2.05, 4.69) is 25.7 Å². The van der Waals surface area contributed by atoms with Crippen LogP contribution in [0.2, 0.25) is 5.02 Å². The van der Waals surface area contributed by atoms with Gasteiger partial charge in [-0.05, 0) is 49.2 Å². The van der Waals surface area contributed by atoms with E-state index < -0.39 is 5.82 Å². The van der Waals surface area contributed by atoms with E-state index in [9.17, 15) is 9.18 Å². The lowest BCUT2D eigenvalue weighted by Gasteiger charge is -2.33. The first kappa shape index (κ1) is 21.1. The van der Waals surface area contributed by atoms with Crippen molar-refractivity contribution >= 4 is 29.0 Å². The Bertz CT molecular complexity index is 1080. The second-order valence-corrected chi connectivity index (χ2v) is 7.87. The Morgan fingerprint density at radius 3 is 2.74 bits per heavy atom. The number of carbonyl (C=O) groups excluding carboxylic acids is 1. The van der Waals surface area contributed by atoms with Gasteiger partial charge < -0.3 is 15.5 Å². The van der Waals surface area contributed by atoms with Crippen LogP contribution in [0, 0.1) is 5.82 Å². The summed E-state index contributed by atoms with van der Waals surface area (Å²) in [5.41, 5.74) is 3.12. The number of halogens is 2. The number of amides is 1. The van der Waals surface area contributed by atoms with Crippen molar-refractivity contribution in [1.29, 1.82) is 0 Å². The van der Waals surface area contributed by atoms with Gasteiger partial charge in [0.05, 0.1) is 10.7 Å². The summed E-state index contributed by atoms with van der Waals surface area (Å²) in [6, 6.07) is 15.8. The van der Waals surface area contributed by atoms with Crippen LogP contribution in [-0.4, -0.2) is 42.3 Å². The van der Waals surface area contributed by atoms with Gasteiger partial charge in [-0.25, -0.2) is 4.39 Å². The first-order chi connectivity index (χ1) is 15.0. The number of benzene rings is 2. The standard InChI is InChI=1S/C23H23ClFN5O/c1-26-20-7-3-2-6-17(20)21-10-11-22(29-28-21)30-12-4-5-16(14-30)27-23(31)15-8-9-19(25)18(24)13-15/h2-3,6-11,13,16,26H,4-5,12,14H2,1H3,(H,27,31). The fourth-order valence-electron chi connectivity index (χ4n) is 3.77. The van der Waals surface area contributed by atoms with Crippen LogP contribution in [0.3, 0.4) is 0 Å². The summed E-state index contributed by atoms with van der Waals surface area (Å²) in [4.78, 5) is 14.7. The highest BCUT2D eigenvalue weighted by Gasteiger charge is 2.23. The maximum atomic E-state index is 13.4. The summed E-state index contributed by atoms with van der Waals surface area (Å²) in [7, 11) is 1.88. The zero-order valence-corrected chi connectivity index (χ0v) is 17.9. The number of rotatable bonds is 5. The van der Waals surface area contributed by atoms with Crippen LogP contribution in [-0.2, 0) is 0 Å². The molecule has 6 nitrogen and oxygen atoms in total. The van der Waals surface area contributed by atoms with Gasteiger partial charge in [-0.2, -0.15) is 0 Å². The lowest BCUT2D eigenvalue weighted by atomic mass is 10.0. The second kappa shape index (κ2) is 9.31. The van der Waals surface area contributed by atoms with E-state index in [0.717, 1.165) is 42.1 Å². The Balaban J connectivity index is 1.43. The third-order valence-electron chi connectivity index (χ3n) is 5.39. The van der Waals surface area contributed by atoms with E-state index in [-0.39, 0.29) is 17.0 Å². The SMILES string of the molecule is CNc1ccccc1-c1ccc(N2CCCC(NC(=O)c3ccc(F)c(Cl)c3)C2)nn1. The van der Waals surface area contributed by atoms with Gasteiger partial charge in [-0.1, -0.05) is 29.8 Å². The predicted octanol–water partition coefficient (Wildman–Crippen LogP) is 4.38. The van der Waals surface area contributed by atoms with Gasteiger partial charge in [-0.3, -0.25) is 4.79 Å². The number of nitrogens with zero attached hydrogens (tertiary/aromatic N) is 3. The molecule has 0 spiro atoms. The molecule has 1 atom stereocenters. The summed E-state index contributed by atoms with van der Waals surface area (Å²) >= 11 is 5.80. The quantitative estimate of drug-likeness (QED) is 0.617. The number of anilines is 2. The molecule has 4 rings (SSSR count). The van der Waals surface area contributed by atoms with Gasteiger partial charge >= 0.3 is 0 Å². The molecule has 8 heteroatoms. The van der Waals surface area contributed by atoms with Crippen molar-refractivity contribution in [2.75, 3.05) is 30.4 Å². The zero-order valence-electron chi connectivity index (χ0n) is 17.1. The van der Waals surface area contributed by atoms with Crippen molar-refractivity contribution in [3.05, 3.63) is 71.0 Å². The topological polar surface area (TPSA) is 70.2 Å². The molecule has 0 bridgehead atoms. The van der Waals surface area contributed by atoms with Gasteiger partial charge in [0.2, 0.25) is 0 Å². The molecule has 1 aliphatic heterocycles. The summed E-state index contributed by atoms with van der Waals surface area (Å²) < 4.78 is 13.4. The van der Waals surface area contributed by atoms with Crippen molar-refractivity contribution in [1.82, 2.24) is 15.5 Å². The maximum Gasteiger partial charge on any atom is 0.251 e. The third-order valence-corrected chi connectivity index (χ3v) is 5.67. The van der Waals surface area contributed by atoms with E-state index >= 15 is 0 Å². The summed E-state index contributed by atoms with van der Waals surface area (Å²) in [6.07, 6.45) is 1.78.